The van der Waals surface area contributed by atoms with Crippen LogP contribution in [0.25, 0.3) is 0 Å². The molecule has 52 valence electrons. The Labute approximate surface area is 48.9 Å². The third kappa shape index (κ3) is 113. The van der Waals surface area contributed by atoms with Gasteiger partial charge < -0.3 is 26.1 Å². The molecule has 0 radical (unpaired) electrons. The van der Waals surface area contributed by atoms with Gasteiger partial charge in [0.1, 0.15) is 0 Å². The van der Waals surface area contributed by atoms with Crippen LogP contribution in [0.1, 0.15) is 0 Å². The Bertz CT molecular complexity index is 31.7. The van der Waals surface area contributed by atoms with Gasteiger partial charge in [-0.2, -0.15) is 0 Å². The van der Waals surface area contributed by atoms with E-state index in [2.05, 4.69) is 0 Å². The van der Waals surface area contributed by atoms with Gasteiger partial charge in [-0.25, -0.2) is 0 Å². The Morgan fingerprint density at radius 3 is 1.12 bits per heavy atom. The molecule has 0 unspecified atom stereocenters. The van der Waals surface area contributed by atoms with Gasteiger partial charge in [-0.3, -0.25) is 0 Å². The quantitative estimate of drug-likeness (QED) is 0.274. The third-order valence-corrected chi connectivity index (χ3v) is 0.167. The molecular weight excluding hydrogens is 131 g/mol. The van der Waals surface area contributed by atoms with Gasteiger partial charge in [0.2, 0.25) is 0 Å². The molecule has 0 fully saturated rings. The Hall–Kier alpha value is 0.230. The van der Waals surface area contributed by atoms with Crippen molar-refractivity contribution in [1.29, 1.82) is 0 Å². The fourth-order valence-corrected chi connectivity index (χ4v) is 0. The molecule has 5 nitrogen and oxygen atoms in total. The monoisotopic (exact) mass is 142 g/mol. The Balaban J connectivity index is 0. The molecular formula is C2H11N2O3P. The lowest BCUT2D eigenvalue weighted by molar-refractivity contribution is 0.368. The summed E-state index contributed by atoms with van der Waals surface area (Å²) in [4.78, 5) is 21.7. The van der Waals surface area contributed by atoms with Gasteiger partial charge in [0, 0.05) is 13.1 Å². The molecule has 0 aromatic carbocycles. The van der Waals surface area contributed by atoms with Gasteiger partial charge in [-0.05, 0) is 0 Å². The maximum atomic E-state index is 7.23. The average Bonchev–Trinajstić information content (AvgIpc) is 1.65. The third-order valence-electron chi connectivity index (χ3n) is 0.167. The second-order valence-electron chi connectivity index (χ2n) is 0.846. The summed E-state index contributed by atoms with van der Waals surface area (Å²) in [6.07, 6.45) is 0. The summed E-state index contributed by atoms with van der Waals surface area (Å²) in [6, 6.07) is 0. The van der Waals surface area contributed by atoms with Gasteiger partial charge in [-0.1, -0.05) is 0 Å². The summed E-state index contributed by atoms with van der Waals surface area (Å²) in [6.45, 7) is 1.19. The molecule has 0 amide bonds. The number of rotatable bonds is 1. The zero-order valence-corrected chi connectivity index (χ0v) is 5.25. The maximum Gasteiger partial charge on any atom is 0.324 e. The summed E-state index contributed by atoms with van der Waals surface area (Å²) in [5.41, 5.74) is 9.81. The van der Waals surface area contributed by atoms with Crippen LogP contribution >= 0.6 is 8.60 Å². The van der Waals surface area contributed by atoms with E-state index in [9.17, 15) is 0 Å². The highest BCUT2D eigenvalue weighted by atomic mass is 31.2. The molecule has 0 aliphatic carbocycles. The molecule has 0 atom stereocenters. The highest BCUT2D eigenvalue weighted by Crippen LogP contribution is 2.11. The minimum absolute atomic E-state index is 0.597. The van der Waals surface area contributed by atoms with Gasteiger partial charge in [0.05, 0.1) is 0 Å². The van der Waals surface area contributed by atoms with E-state index in [-0.39, 0.29) is 0 Å². The highest BCUT2D eigenvalue weighted by molar-refractivity contribution is 7.38. The van der Waals surface area contributed by atoms with Crippen LogP contribution in [0.5, 0.6) is 0 Å². The molecule has 6 heteroatoms. The number of hydrogen-bond donors (Lipinski definition) is 5. The van der Waals surface area contributed by atoms with Crippen LogP contribution in [-0.2, 0) is 0 Å². The summed E-state index contributed by atoms with van der Waals surface area (Å²) in [5.74, 6) is 0. The van der Waals surface area contributed by atoms with Crippen molar-refractivity contribution >= 4 is 8.60 Å². The smallest absolute Gasteiger partial charge is 0.324 e. The molecule has 0 aromatic rings. The molecule has 0 aliphatic rings. The lowest BCUT2D eigenvalue weighted by Gasteiger charge is -1.76. The molecule has 0 rings (SSSR count). The summed E-state index contributed by atoms with van der Waals surface area (Å²) in [7, 11) is -2.62. The number of nitrogens with two attached hydrogens (primary N) is 2. The topological polar surface area (TPSA) is 113 Å². The average molecular weight is 142 g/mol. The lowest BCUT2D eigenvalue weighted by atomic mass is 10.7. The van der Waals surface area contributed by atoms with Gasteiger partial charge in [-0.15, -0.1) is 0 Å². The van der Waals surface area contributed by atoms with E-state index < -0.39 is 8.60 Å². The first-order valence-corrected chi connectivity index (χ1v) is 3.12. The van der Waals surface area contributed by atoms with Crippen molar-refractivity contribution in [2.45, 2.75) is 0 Å². The van der Waals surface area contributed by atoms with Crippen molar-refractivity contribution in [3.05, 3.63) is 0 Å². The Kier molecular flexibility index (Phi) is 14.2. The van der Waals surface area contributed by atoms with Crippen molar-refractivity contribution in [1.82, 2.24) is 0 Å². The van der Waals surface area contributed by atoms with Crippen LogP contribution < -0.4 is 11.5 Å². The van der Waals surface area contributed by atoms with Crippen LogP contribution in [0, 0.1) is 0 Å². The Morgan fingerprint density at radius 2 is 1.12 bits per heavy atom. The van der Waals surface area contributed by atoms with Crippen LogP contribution in [0.4, 0.5) is 0 Å². The predicted octanol–water partition coefficient (Wildman–Crippen LogP) is -1.91. The maximum absolute atomic E-state index is 7.23. The molecule has 0 aromatic heterocycles. The Morgan fingerprint density at radius 1 is 1.00 bits per heavy atom. The minimum Gasteiger partial charge on any atom is -0.329 e. The van der Waals surface area contributed by atoms with Crippen LogP contribution in [-0.4, -0.2) is 27.8 Å². The van der Waals surface area contributed by atoms with Crippen molar-refractivity contribution in [2.75, 3.05) is 13.1 Å². The van der Waals surface area contributed by atoms with E-state index in [1.165, 1.54) is 0 Å². The van der Waals surface area contributed by atoms with Gasteiger partial charge >= 0.3 is 8.60 Å². The first-order chi connectivity index (χ1) is 3.65. The van der Waals surface area contributed by atoms with Crippen molar-refractivity contribution in [2.24, 2.45) is 11.5 Å². The van der Waals surface area contributed by atoms with E-state index in [0.29, 0.717) is 13.1 Å². The first kappa shape index (κ1) is 11.1. The van der Waals surface area contributed by atoms with Gasteiger partial charge in [0.15, 0.2) is 0 Å². The van der Waals surface area contributed by atoms with E-state index in [1.54, 1.807) is 0 Å². The predicted molar refractivity (Wildman–Crippen MR) is 31.7 cm³/mol. The molecule has 0 saturated heterocycles. The SMILES string of the molecule is NCCN.OP(O)O. The lowest BCUT2D eigenvalue weighted by Crippen LogP contribution is -2.11. The molecule has 0 saturated carbocycles. The van der Waals surface area contributed by atoms with Crippen LogP contribution in [0.3, 0.4) is 0 Å². The normalized spacial score (nSPS) is 8.25. The van der Waals surface area contributed by atoms with E-state index in [1.807, 2.05) is 0 Å². The molecule has 7 N–H and O–H groups in total. The molecule has 0 bridgehead atoms. The zero-order valence-electron chi connectivity index (χ0n) is 4.36. The first-order valence-electron chi connectivity index (χ1n) is 1.92. The van der Waals surface area contributed by atoms with Crippen LogP contribution in [0.2, 0.25) is 0 Å². The number of hydrogen-bond acceptors (Lipinski definition) is 5. The highest BCUT2D eigenvalue weighted by Gasteiger charge is 1.76. The van der Waals surface area contributed by atoms with E-state index >= 15 is 0 Å². The molecule has 8 heavy (non-hydrogen) atoms. The summed E-state index contributed by atoms with van der Waals surface area (Å²) < 4.78 is 0. The summed E-state index contributed by atoms with van der Waals surface area (Å²) >= 11 is 0. The molecule has 0 spiro atoms. The standard InChI is InChI=1S/C2H8N2.H3O3P/c3-1-2-4;1-4(2)3/h1-4H2;1-3H. The fourth-order valence-electron chi connectivity index (χ4n) is 0. The minimum atomic E-state index is -2.62. The van der Waals surface area contributed by atoms with Crippen molar-refractivity contribution < 1.29 is 14.7 Å². The van der Waals surface area contributed by atoms with Crippen LogP contribution in [0.15, 0.2) is 0 Å². The fraction of sp³-hybridized carbons (Fsp3) is 1.00. The molecule has 0 aliphatic heterocycles. The van der Waals surface area contributed by atoms with Gasteiger partial charge in [0.25, 0.3) is 0 Å². The van der Waals surface area contributed by atoms with Crippen molar-refractivity contribution in [3.8, 4) is 0 Å². The second-order valence-corrected chi connectivity index (χ2v) is 1.38. The summed E-state index contributed by atoms with van der Waals surface area (Å²) in [5, 5.41) is 0. The van der Waals surface area contributed by atoms with E-state index in [0.717, 1.165) is 0 Å². The zero-order chi connectivity index (χ0) is 6.99. The molecule has 0 heterocycles. The largest absolute Gasteiger partial charge is 0.329 e. The van der Waals surface area contributed by atoms with E-state index in [4.69, 9.17) is 26.1 Å². The van der Waals surface area contributed by atoms with Crippen molar-refractivity contribution in [3.63, 3.8) is 0 Å². The second kappa shape index (κ2) is 10.3.